The second-order valence-electron chi connectivity index (χ2n) is 11.2. The summed E-state index contributed by atoms with van der Waals surface area (Å²) >= 11 is 0. The lowest BCUT2D eigenvalue weighted by molar-refractivity contribution is -0.929. The van der Waals surface area contributed by atoms with Crippen molar-refractivity contribution >= 4 is 16.7 Å². The number of benzene rings is 2. The zero-order valence-electron chi connectivity index (χ0n) is 25.7. The fourth-order valence-corrected chi connectivity index (χ4v) is 5.41. The number of carboxylic acids is 1. The van der Waals surface area contributed by atoms with Gasteiger partial charge in [0.15, 0.2) is 0 Å². The van der Waals surface area contributed by atoms with Crippen molar-refractivity contribution in [1.29, 1.82) is 0 Å². The lowest BCUT2D eigenvalue weighted by Crippen LogP contribution is -2.53. The molecule has 232 valence electrons. The number of rotatable bonds is 23. The third-order valence-corrected chi connectivity index (χ3v) is 7.88. The first-order valence-corrected chi connectivity index (χ1v) is 16.1. The second kappa shape index (κ2) is 24.4. The molecule has 0 aliphatic heterocycles. The van der Waals surface area contributed by atoms with Crippen LogP contribution >= 0.6 is 0 Å². The van der Waals surface area contributed by atoms with Gasteiger partial charge in [0, 0.05) is 5.56 Å². The molecule has 0 aliphatic rings. The van der Waals surface area contributed by atoms with E-state index in [1.807, 2.05) is 24.3 Å². The van der Waals surface area contributed by atoms with Crippen LogP contribution < -0.4 is 5.11 Å². The summed E-state index contributed by atoms with van der Waals surface area (Å²) in [5, 5.41) is 40.3. The van der Waals surface area contributed by atoms with Gasteiger partial charge < -0.3 is 29.7 Å². The van der Waals surface area contributed by atoms with Gasteiger partial charge in [-0.1, -0.05) is 113 Å². The van der Waals surface area contributed by atoms with Crippen molar-refractivity contribution in [2.24, 2.45) is 0 Å². The van der Waals surface area contributed by atoms with Crippen molar-refractivity contribution in [3.8, 4) is 0 Å². The molecule has 41 heavy (non-hydrogen) atoms. The normalized spacial score (nSPS) is 11.6. The van der Waals surface area contributed by atoms with Gasteiger partial charge in [0.05, 0.1) is 32.3 Å². The molecule has 0 bridgehead atoms. The molecule has 0 saturated carbocycles. The summed E-state index contributed by atoms with van der Waals surface area (Å²) in [6.45, 7) is 5.46. The Labute approximate surface area is 249 Å². The summed E-state index contributed by atoms with van der Waals surface area (Å²) in [6.07, 6.45) is 23.0. The fraction of sp³-hybridized carbons (Fsp3) is 0.629. The maximum absolute atomic E-state index is 10.7. The van der Waals surface area contributed by atoms with Crippen LogP contribution in [0.25, 0.3) is 10.8 Å². The zero-order chi connectivity index (χ0) is 30.0. The molecule has 0 saturated heterocycles. The van der Waals surface area contributed by atoms with Crippen molar-refractivity contribution in [2.75, 3.05) is 46.0 Å². The first-order chi connectivity index (χ1) is 20.0. The summed E-state index contributed by atoms with van der Waals surface area (Å²) in [6, 6.07) is 12.5. The van der Waals surface area contributed by atoms with Gasteiger partial charge in [-0.2, -0.15) is 0 Å². The molecule has 2 aromatic carbocycles. The molecule has 2 aromatic rings. The standard InChI is InChI=1S/C24H50NO3.C11H8O2/c1-2-3-4-5-6-7-8-9-10-11-12-13-14-15-16-17-18-25(19-22-26,20-23-27)21-24-28;12-11(13)10-7-3-5-8-4-1-2-6-9(8)10/h9-10,26-28H,2-8,11-24H2,1H3;1-7H,(H,12,13)/q+1;/p-1/b10-9-;. The predicted molar refractivity (Wildman–Crippen MR) is 169 cm³/mol. The highest BCUT2D eigenvalue weighted by molar-refractivity contribution is 6.02. The number of nitrogens with zero attached hydrogens (tertiary/aromatic N) is 1. The van der Waals surface area contributed by atoms with Crippen molar-refractivity contribution in [3.05, 3.63) is 60.2 Å². The van der Waals surface area contributed by atoms with E-state index in [9.17, 15) is 25.2 Å². The van der Waals surface area contributed by atoms with Crippen LogP contribution in [0.2, 0.25) is 0 Å². The molecule has 0 aliphatic carbocycles. The number of fused-ring (bicyclic) bond motifs is 1. The maximum Gasteiger partial charge on any atom is 0.102 e. The van der Waals surface area contributed by atoms with Gasteiger partial charge in [-0.15, -0.1) is 0 Å². The van der Waals surface area contributed by atoms with E-state index in [0.29, 0.717) is 24.1 Å². The topological polar surface area (TPSA) is 101 Å². The van der Waals surface area contributed by atoms with Crippen LogP contribution in [0.1, 0.15) is 107 Å². The number of hydrogen-bond acceptors (Lipinski definition) is 5. The Morgan fingerprint density at radius 3 is 1.68 bits per heavy atom. The number of carbonyl (C=O) groups is 1. The molecule has 2 rings (SSSR count). The Morgan fingerprint density at radius 1 is 0.659 bits per heavy atom. The van der Waals surface area contributed by atoms with E-state index < -0.39 is 5.97 Å². The van der Waals surface area contributed by atoms with Crippen LogP contribution in [0.5, 0.6) is 0 Å². The molecule has 0 heterocycles. The van der Waals surface area contributed by atoms with Crippen LogP contribution in [0, 0.1) is 0 Å². The van der Waals surface area contributed by atoms with Crippen molar-refractivity contribution in [1.82, 2.24) is 0 Å². The molecule has 6 heteroatoms. The van der Waals surface area contributed by atoms with Crippen LogP contribution in [0.4, 0.5) is 0 Å². The summed E-state index contributed by atoms with van der Waals surface area (Å²) in [5.74, 6) is -1.13. The Kier molecular flexibility index (Phi) is 21.8. The molecule has 0 atom stereocenters. The average Bonchev–Trinajstić information content (AvgIpc) is 2.97. The third-order valence-electron chi connectivity index (χ3n) is 7.88. The summed E-state index contributed by atoms with van der Waals surface area (Å²) in [7, 11) is 0. The lowest BCUT2D eigenvalue weighted by atomic mass is 10.1. The molecule has 6 nitrogen and oxygen atoms in total. The van der Waals surface area contributed by atoms with Crippen LogP contribution in [0.3, 0.4) is 0 Å². The Morgan fingerprint density at radius 2 is 1.15 bits per heavy atom. The molecule has 0 unspecified atom stereocenters. The first-order valence-electron chi connectivity index (χ1n) is 16.1. The smallest absolute Gasteiger partial charge is 0.102 e. The highest BCUT2D eigenvalue weighted by Crippen LogP contribution is 2.17. The number of quaternary nitrogens is 1. The van der Waals surface area contributed by atoms with Gasteiger partial charge in [0.1, 0.15) is 19.6 Å². The average molecular weight is 572 g/mol. The number of unbranched alkanes of at least 4 members (excludes halogenated alkanes) is 12. The molecule has 0 amide bonds. The van der Waals surface area contributed by atoms with Crippen molar-refractivity contribution in [2.45, 2.75) is 96.8 Å². The fourth-order valence-electron chi connectivity index (χ4n) is 5.41. The predicted octanol–water partition coefficient (Wildman–Crippen LogP) is 6.02. The van der Waals surface area contributed by atoms with Crippen LogP contribution in [0.15, 0.2) is 54.6 Å². The largest absolute Gasteiger partial charge is 0.545 e. The van der Waals surface area contributed by atoms with Crippen molar-refractivity contribution < 1.29 is 29.7 Å². The van der Waals surface area contributed by atoms with Crippen LogP contribution in [-0.4, -0.2) is 71.8 Å². The SMILES string of the molecule is CCCCCCCC/C=C\CCCCCCCC[N+](CCO)(CCO)CCO.O=C([O-])c1cccc2ccccc12. The lowest BCUT2D eigenvalue weighted by Gasteiger charge is -2.37. The van der Waals surface area contributed by atoms with E-state index >= 15 is 0 Å². The number of aliphatic hydroxyl groups excluding tert-OH is 3. The van der Waals surface area contributed by atoms with Crippen LogP contribution in [-0.2, 0) is 0 Å². The van der Waals surface area contributed by atoms with Gasteiger partial charge in [0.25, 0.3) is 0 Å². The van der Waals surface area contributed by atoms with E-state index in [4.69, 9.17) is 0 Å². The highest BCUT2D eigenvalue weighted by atomic mass is 16.4. The first kappa shape index (κ1) is 36.8. The van der Waals surface area contributed by atoms with E-state index in [-0.39, 0.29) is 25.4 Å². The minimum atomic E-state index is -1.13. The molecule has 0 aromatic heterocycles. The monoisotopic (exact) mass is 571 g/mol. The summed E-state index contributed by atoms with van der Waals surface area (Å²) < 4.78 is 0.646. The number of carboxylic acid groups (broad SMARTS) is 1. The number of hydrogen-bond donors (Lipinski definition) is 3. The summed E-state index contributed by atoms with van der Waals surface area (Å²) in [4.78, 5) is 10.7. The quantitative estimate of drug-likeness (QED) is 0.0860. The molecule has 3 N–H and O–H groups in total. The highest BCUT2D eigenvalue weighted by Gasteiger charge is 2.25. The van der Waals surface area contributed by atoms with Crippen molar-refractivity contribution in [3.63, 3.8) is 0 Å². The molecule has 0 fully saturated rings. The molecular weight excluding hydrogens is 514 g/mol. The van der Waals surface area contributed by atoms with E-state index in [2.05, 4.69) is 19.1 Å². The van der Waals surface area contributed by atoms with Gasteiger partial charge in [-0.25, -0.2) is 0 Å². The number of aliphatic hydroxyl groups is 3. The number of carbonyl (C=O) groups excluding carboxylic acids is 1. The Bertz CT molecular complexity index is 923. The van der Waals surface area contributed by atoms with E-state index in [0.717, 1.165) is 23.7 Å². The van der Waals surface area contributed by atoms with E-state index in [1.54, 1.807) is 18.2 Å². The van der Waals surface area contributed by atoms with Gasteiger partial charge in [-0.05, 0) is 49.3 Å². The van der Waals surface area contributed by atoms with Gasteiger partial charge in [-0.3, -0.25) is 0 Å². The third kappa shape index (κ3) is 16.7. The van der Waals surface area contributed by atoms with Gasteiger partial charge >= 0.3 is 0 Å². The zero-order valence-corrected chi connectivity index (χ0v) is 25.7. The Hall–Kier alpha value is -2.25. The Balaban J connectivity index is 0.000000528. The minimum absolute atomic E-state index is 0.117. The molecule has 0 radical (unpaired) electrons. The second-order valence-corrected chi connectivity index (χ2v) is 11.2. The number of allylic oxidation sites excluding steroid dienone is 2. The van der Waals surface area contributed by atoms with E-state index in [1.165, 1.54) is 83.5 Å². The maximum atomic E-state index is 10.7. The molecule has 0 spiro atoms. The molecular formula is C35H57NO5. The minimum Gasteiger partial charge on any atom is -0.545 e. The summed E-state index contributed by atoms with van der Waals surface area (Å²) in [5.41, 5.74) is 0.248. The van der Waals surface area contributed by atoms with Gasteiger partial charge in [0.2, 0.25) is 0 Å². The number of aromatic carboxylic acids is 1.